The molecule has 2 atom stereocenters. The van der Waals surface area contributed by atoms with E-state index in [9.17, 15) is 4.39 Å². The summed E-state index contributed by atoms with van der Waals surface area (Å²) in [5, 5.41) is 4.02. The van der Waals surface area contributed by atoms with Gasteiger partial charge in [-0.25, -0.2) is 4.39 Å². The van der Waals surface area contributed by atoms with Crippen LogP contribution >= 0.6 is 15.9 Å². The topological polar surface area (TPSA) is 30.5 Å². The standard InChI is InChI=1S/C27H33BrFNO2/c1-25-10-19-11-26(2,15-25)17-27(12-19,16-25)30-13-21-22(28)8-9-23(31-3)24(21)32-14-18-4-6-20(29)7-5-18/h4-9,19,30H,10-17H2,1-3H3. The van der Waals surface area contributed by atoms with Gasteiger partial charge in [0.2, 0.25) is 0 Å². The van der Waals surface area contributed by atoms with E-state index < -0.39 is 0 Å². The fraction of sp³-hybridized carbons (Fsp3) is 0.556. The summed E-state index contributed by atoms with van der Waals surface area (Å²) in [6, 6.07) is 10.4. The molecule has 2 aromatic carbocycles. The number of hydrogen-bond donors (Lipinski definition) is 1. The highest BCUT2D eigenvalue weighted by Crippen LogP contribution is 2.66. The van der Waals surface area contributed by atoms with Crippen molar-refractivity contribution < 1.29 is 13.9 Å². The van der Waals surface area contributed by atoms with Crippen molar-refractivity contribution in [2.45, 2.75) is 71.1 Å². The van der Waals surface area contributed by atoms with Crippen molar-refractivity contribution in [3.8, 4) is 11.5 Å². The van der Waals surface area contributed by atoms with Crippen molar-refractivity contribution in [2.24, 2.45) is 16.7 Å². The highest BCUT2D eigenvalue weighted by molar-refractivity contribution is 9.10. The van der Waals surface area contributed by atoms with Crippen LogP contribution in [0, 0.1) is 22.6 Å². The normalized spacial score (nSPS) is 32.8. The van der Waals surface area contributed by atoms with Crippen molar-refractivity contribution in [2.75, 3.05) is 7.11 Å². The zero-order valence-corrected chi connectivity index (χ0v) is 20.9. The van der Waals surface area contributed by atoms with Crippen molar-refractivity contribution >= 4 is 15.9 Å². The lowest BCUT2D eigenvalue weighted by atomic mass is 9.43. The van der Waals surface area contributed by atoms with Crippen LogP contribution in [0.5, 0.6) is 11.5 Å². The quantitative estimate of drug-likeness (QED) is 0.442. The van der Waals surface area contributed by atoms with Crippen LogP contribution in [0.15, 0.2) is 40.9 Å². The summed E-state index contributed by atoms with van der Waals surface area (Å²) in [6.07, 6.45) is 7.96. The van der Waals surface area contributed by atoms with E-state index in [1.807, 2.05) is 12.1 Å². The van der Waals surface area contributed by atoms with Gasteiger partial charge in [-0.05, 0) is 85.1 Å². The molecule has 3 nitrogen and oxygen atoms in total. The van der Waals surface area contributed by atoms with Crippen molar-refractivity contribution in [3.63, 3.8) is 0 Å². The minimum Gasteiger partial charge on any atom is -0.493 e. The second kappa shape index (κ2) is 8.02. The summed E-state index contributed by atoms with van der Waals surface area (Å²) in [5.74, 6) is 2.07. The van der Waals surface area contributed by atoms with Crippen molar-refractivity contribution in [1.82, 2.24) is 5.32 Å². The van der Waals surface area contributed by atoms with Gasteiger partial charge in [0.25, 0.3) is 0 Å². The molecule has 1 N–H and O–H groups in total. The molecule has 4 fully saturated rings. The highest BCUT2D eigenvalue weighted by Gasteiger charge is 2.59. The molecule has 0 saturated heterocycles. The average molecular weight is 502 g/mol. The lowest BCUT2D eigenvalue weighted by Crippen LogP contribution is -2.63. The summed E-state index contributed by atoms with van der Waals surface area (Å²) in [7, 11) is 1.67. The number of halogens is 2. The molecule has 4 bridgehead atoms. The van der Waals surface area contributed by atoms with Crippen LogP contribution in [-0.2, 0) is 13.2 Å². The smallest absolute Gasteiger partial charge is 0.167 e. The Morgan fingerprint density at radius 2 is 1.69 bits per heavy atom. The fourth-order valence-corrected chi connectivity index (χ4v) is 8.18. The Morgan fingerprint density at radius 1 is 1.00 bits per heavy atom. The fourth-order valence-electron chi connectivity index (χ4n) is 7.72. The predicted molar refractivity (Wildman–Crippen MR) is 128 cm³/mol. The molecule has 2 aromatic rings. The Morgan fingerprint density at radius 3 is 2.31 bits per heavy atom. The monoisotopic (exact) mass is 501 g/mol. The first kappa shape index (κ1) is 22.2. The molecule has 6 rings (SSSR count). The molecule has 0 spiro atoms. The van der Waals surface area contributed by atoms with Crippen molar-refractivity contribution in [3.05, 3.63) is 57.8 Å². The molecule has 4 aliphatic rings. The molecular formula is C27H33BrFNO2. The van der Waals surface area contributed by atoms with Gasteiger partial charge in [0.05, 0.1) is 7.11 Å². The molecule has 0 aromatic heterocycles. The second-order valence-electron chi connectivity index (χ2n) is 11.2. The SMILES string of the molecule is COc1ccc(Br)c(CNC23CC4CC(C)(CC(C)(C4)C2)C3)c1OCc1ccc(F)cc1. The van der Waals surface area contributed by atoms with Gasteiger partial charge in [-0.1, -0.05) is 41.9 Å². The van der Waals surface area contributed by atoms with Crippen LogP contribution in [0.1, 0.15) is 63.5 Å². The van der Waals surface area contributed by atoms with Crippen LogP contribution in [0.4, 0.5) is 4.39 Å². The van der Waals surface area contributed by atoms with Crippen LogP contribution < -0.4 is 14.8 Å². The van der Waals surface area contributed by atoms with E-state index in [4.69, 9.17) is 9.47 Å². The van der Waals surface area contributed by atoms with E-state index in [-0.39, 0.29) is 11.4 Å². The maximum Gasteiger partial charge on any atom is 0.167 e. The van der Waals surface area contributed by atoms with Crippen LogP contribution in [0.2, 0.25) is 0 Å². The van der Waals surface area contributed by atoms with Crippen LogP contribution in [-0.4, -0.2) is 12.6 Å². The third-order valence-electron chi connectivity index (χ3n) is 7.95. The van der Waals surface area contributed by atoms with Crippen molar-refractivity contribution in [1.29, 1.82) is 0 Å². The Kier molecular flexibility index (Phi) is 5.57. The summed E-state index contributed by atoms with van der Waals surface area (Å²) < 4.78 is 26.2. The Hall–Kier alpha value is -1.59. The van der Waals surface area contributed by atoms with Gasteiger partial charge in [-0.3, -0.25) is 0 Å². The zero-order valence-electron chi connectivity index (χ0n) is 19.3. The number of ether oxygens (including phenoxy) is 2. The number of rotatable bonds is 7. The molecule has 0 amide bonds. The van der Waals surface area contributed by atoms with Crippen LogP contribution in [0.25, 0.3) is 0 Å². The number of benzene rings is 2. The minimum absolute atomic E-state index is 0.208. The van der Waals surface area contributed by atoms with E-state index in [0.717, 1.165) is 39.6 Å². The highest BCUT2D eigenvalue weighted by atomic mass is 79.9. The van der Waals surface area contributed by atoms with Gasteiger partial charge in [-0.15, -0.1) is 0 Å². The Labute approximate surface area is 199 Å². The number of hydrogen-bond acceptors (Lipinski definition) is 3. The molecule has 4 saturated carbocycles. The molecule has 5 heteroatoms. The Balaban J connectivity index is 1.38. The number of methoxy groups -OCH3 is 1. The average Bonchev–Trinajstić information content (AvgIpc) is 2.70. The summed E-state index contributed by atoms with van der Waals surface area (Å²) in [5.41, 5.74) is 3.15. The lowest BCUT2D eigenvalue weighted by Gasteiger charge is -2.65. The van der Waals surface area contributed by atoms with E-state index in [2.05, 4.69) is 35.1 Å². The van der Waals surface area contributed by atoms with E-state index >= 15 is 0 Å². The van der Waals surface area contributed by atoms with Gasteiger partial charge in [0, 0.05) is 22.1 Å². The summed E-state index contributed by atoms with van der Waals surface area (Å²) >= 11 is 3.75. The predicted octanol–water partition coefficient (Wildman–Crippen LogP) is 7.01. The minimum atomic E-state index is -0.239. The van der Waals surface area contributed by atoms with Gasteiger partial charge in [0.15, 0.2) is 11.5 Å². The molecule has 32 heavy (non-hydrogen) atoms. The summed E-state index contributed by atoms with van der Waals surface area (Å²) in [4.78, 5) is 0. The lowest BCUT2D eigenvalue weighted by molar-refractivity contribution is -0.118. The first-order valence-corrected chi connectivity index (χ1v) is 12.5. The molecule has 0 aliphatic heterocycles. The zero-order chi connectivity index (χ0) is 22.6. The van der Waals surface area contributed by atoms with Crippen LogP contribution in [0.3, 0.4) is 0 Å². The van der Waals surface area contributed by atoms with Gasteiger partial charge < -0.3 is 14.8 Å². The molecule has 2 unspecified atom stereocenters. The van der Waals surface area contributed by atoms with E-state index in [0.29, 0.717) is 17.4 Å². The molecular weight excluding hydrogens is 469 g/mol. The van der Waals surface area contributed by atoms with Gasteiger partial charge in [0.1, 0.15) is 12.4 Å². The largest absolute Gasteiger partial charge is 0.493 e. The first-order chi connectivity index (χ1) is 15.2. The second-order valence-corrected chi connectivity index (χ2v) is 12.1. The van der Waals surface area contributed by atoms with E-state index in [1.54, 1.807) is 19.2 Å². The number of nitrogens with one attached hydrogen (secondary N) is 1. The maximum absolute atomic E-state index is 13.3. The maximum atomic E-state index is 13.3. The molecule has 172 valence electrons. The van der Waals surface area contributed by atoms with Gasteiger partial charge >= 0.3 is 0 Å². The molecule has 0 heterocycles. The first-order valence-electron chi connectivity index (χ1n) is 11.7. The Bertz CT molecular complexity index is 989. The molecule has 0 radical (unpaired) electrons. The summed E-state index contributed by atoms with van der Waals surface area (Å²) in [6.45, 7) is 6.11. The van der Waals surface area contributed by atoms with E-state index in [1.165, 1.54) is 50.7 Å². The van der Waals surface area contributed by atoms with Gasteiger partial charge in [-0.2, -0.15) is 0 Å². The third kappa shape index (κ3) is 4.19. The third-order valence-corrected chi connectivity index (χ3v) is 8.69. The molecule has 4 aliphatic carbocycles.